The van der Waals surface area contributed by atoms with Crippen molar-refractivity contribution in [3.05, 3.63) is 77.9 Å². The van der Waals surface area contributed by atoms with Crippen LogP contribution in [0.3, 0.4) is 0 Å². The van der Waals surface area contributed by atoms with Gasteiger partial charge in [-0.25, -0.2) is 0 Å². The van der Waals surface area contributed by atoms with E-state index in [1.807, 2.05) is 0 Å². The van der Waals surface area contributed by atoms with E-state index in [1.54, 1.807) is 0 Å². The minimum atomic E-state index is -0.898. The van der Waals surface area contributed by atoms with E-state index in [4.69, 9.17) is 0 Å². The largest absolute Gasteiger partial charge is 0.322 e. The van der Waals surface area contributed by atoms with Gasteiger partial charge in [0.1, 0.15) is 5.56 Å². The first-order valence-electron chi connectivity index (χ1n) is 6.70. The number of hydrogen-bond donors (Lipinski definition) is 1. The second kappa shape index (κ2) is 6.70. The third-order valence-electron chi connectivity index (χ3n) is 3.30. The smallest absolute Gasteiger partial charge is 0.289 e. The van der Waals surface area contributed by atoms with Gasteiger partial charge in [0, 0.05) is 23.9 Å². The molecule has 0 radical (unpaired) electrons. The fraction of sp³-hybridized carbons (Fsp3) is 0.0714. The molecule has 0 unspecified atom stereocenters. The van der Waals surface area contributed by atoms with Crippen molar-refractivity contribution in [1.82, 2.24) is 0 Å². The molecule has 0 aliphatic rings. The number of non-ortho nitro benzene ring substituents is 2. The highest BCUT2D eigenvalue weighted by Gasteiger charge is 2.24. The topological polar surface area (TPSA) is 159 Å². The summed E-state index contributed by atoms with van der Waals surface area (Å²) in [5, 5.41) is 34.9. The van der Waals surface area contributed by atoms with Crippen molar-refractivity contribution in [2.75, 3.05) is 5.32 Å². The summed E-state index contributed by atoms with van der Waals surface area (Å²) >= 11 is 0. The van der Waals surface area contributed by atoms with Gasteiger partial charge in [-0.1, -0.05) is 0 Å². The van der Waals surface area contributed by atoms with Crippen LogP contribution >= 0.6 is 0 Å². The number of carbonyl (C=O) groups excluding carboxylic acids is 1. The second-order valence-corrected chi connectivity index (χ2v) is 4.93. The van der Waals surface area contributed by atoms with Crippen LogP contribution in [0.4, 0.5) is 22.7 Å². The van der Waals surface area contributed by atoms with E-state index in [-0.39, 0.29) is 16.9 Å². The average Bonchev–Trinajstić information content (AvgIpc) is 2.55. The van der Waals surface area contributed by atoms with Crippen LogP contribution in [0.5, 0.6) is 0 Å². The Hall–Kier alpha value is -3.89. The number of nitrogens with one attached hydrogen (secondary N) is 1. The van der Waals surface area contributed by atoms with Crippen molar-refractivity contribution in [1.29, 1.82) is 0 Å². The molecule has 2 aromatic carbocycles. The molecule has 0 aromatic heterocycles. The fourth-order valence-corrected chi connectivity index (χ4v) is 2.07. The molecule has 128 valence electrons. The first kappa shape index (κ1) is 17.5. The molecule has 25 heavy (non-hydrogen) atoms. The van der Waals surface area contributed by atoms with Gasteiger partial charge in [0.25, 0.3) is 23.0 Å². The highest BCUT2D eigenvalue weighted by Crippen LogP contribution is 2.27. The molecule has 2 aromatic rings. The van der Waals surface area contributed by atoms with Crippen molar-refractivity contribution in [3.63, 3.8) is 0 Å². The van der Waals surface area contributed by atoms with E-state index >= 15 is 0 Å². The van der Waals surface area contributed by atoms with Gasteiger partial charge in [0.2, 0.25) is 0 Å². The molecule has 0 aliphatic carbocycles. The first-order chi connectivity index (χ1) is 11.7. The molecular formula is C14H10N4O7. The number of nitro groups is 3. The highest BCUT2D eigenvalue weighted by atomic mass is 16.6. The number of amides is 1. The van der Waals surface area contributed by atoms with Crippen LogP contribution < -0.4 is 5.32 Å². The van der Waals surface area contributed by atoms with Gasteiger partial charge in [-0.15, -0.1) is 0 Å². The third kappa shape index (κ3) is 3.72. The molecule has 0 bridgehead atoms. The van der Waals surface area contributed by atoms with Crippen molar-refractivity contribution >= 4 is 28.7 Å². The maximum absolute atomic E-state index is 12.3. The molecule has 0 spiro atoms. The Kier molecular flexibility index (Phi) is 4.68. The molecular weight excluding hydrogens is 336 g/mol. The predicted octanol–water partition coefficient (Wildman–Crippen LogP) is 2.97. The van der Waals surface area contributed by atoms with Crippen LogP contribution in [0, 0.1) is 37.3 Å². The second-order valence-electron chi connectivity index (χ2n) is 4.93. The predicted molar refractivity (Wildman–Crippen MR) is 85.5 cm³/mol. The molecule has 2 rings (SSSR count). The van der Waals surface area contributed by atoms with E-state index in [2.05, 4.69) is 5.32 Å². The highest BCUT2D eigenvalue weighted by molar-refractivity contribution is 6.07. The van der Waals surface area contributed by atoms with Crippen LogP contribution in [-0.2, 0) is 0 Å². The molecule has 11 heteroatoms. The van der Waals surface area contributed by atoms with E-state index in [9.17, 15) is 35.1 Å². The Balaban J connectivity index is 2.37. The molecule has 0 fully saturated rings. The number of rotatable bonds is 5. The van der Waals surface area contributed by atoms with Crippen molar-refractivity contribution in [2.24, 2.45) is 0 Å². The van der Waals surface area contributed by atoms with Gasteiger partial charge >= 0.3 is 0 Å². The summed E-state index contributed by atoms with van der Waals surface area (Å²) < 4.78 is 0. The summed E-state index contributed by atoms with van der Waals surface area (Å²) in [6.45, 7) is 1.52. The number of anilines is 1. The lowest BCUT2D eigenvalue weighted by atomic mass is 10.1. The Labute approximate surface area is 139 Å². The van der Waals surface area contributed by atoms with Gasteiger partial charge in [-0.3, -0.25) is 35.1 Å². The van der Waals surface area contributed by atoms with Gasteiger partial charge in [0.05, 0.1) is 20.8 Å². The summed E-state index contributed by atoms with van der Waals surface area (Å²) in [7, 11) is 0. The van der Waals surface area contributed by atoms with E-state index in [1.165, 1.54) is 25.1 Å². The third-order valence-corrected chi connectivity index (χ3v) is 3.30. The van der Waals surface area contributed by atoms with Crippen LogP contribution in [0.1, 0.15) is 15.9 Å². The molecule has 0 aliphatic heterocycles. The zero-order valence-electron chi connectivity index (χ0n) is 12.7. The van der Waals surface area contributed by atoms with E-state index in [0.717, 1.165) is 12.1 Å². The van der Waals surface area contributed by atoms with Crippen LogP contribution in [0.2, 0.25) is 0 Å². The Bertz CT molecular complexity index is 910. The normalized spacial score (nSPS) is 10.1. The Morgan fingerprint density at radius 3 is 1.96 bits per heavy atom. The maximum Gasteiger partial charge on any atom is 0.289 e. The quantitative estimate of drug-likeness (QED) is 0.643. The van der Waals surface area contributed by atoms with Crippen LogP contribution in [0.15, 0.2) is 36.4 Å². The molecule has 0 saturated carbocycles. The summed E-state index contributed by atoms with van der Waals surface area (Å²) in [5.74, 6) is -0.862. The van der Waals surface area contributed by atoms with Crippen molar-refractivity contribution < 1.29 is 19.6 Å². The lowest BCUT2D eigenvalue weighted by Crippen LogP contribution is -2.15. The molecule has 11 nitrogen and oxygen atoms in total. The number of hydrogen-bond acceptors (Lipinski definition) is 7. The summed E-state index contributed by atoms with van der Waals surface area (Å²) in [5.41, 5.74) is -1.17. The Morgan fingerprint density at radius 1 is 0.880 bits per heavy atom. The Morgan fingerprint density at radius 2 is 1.44 bits per heavy atom. The zero-order valence-corrected chi connectivity index (χ0v) is 12.7. The maximum atomic E-state index is 12.3. The summed E-state index contributed by atoms with van der Waals surface area (Å²) in [6, 6.07) is 6.35. The lowest BCUT2D eigenvalue weighted by Gasteiger charge is -2.08. The molecule has 0 saturated heterocycles. The van der Waals surface area contributed by atoms with Gasteiger partial charge in [-0.05, 0) is 24.6 Å². The molecule has 1 amide bonds. The number of nitrogens with zero attached hydrogens (tertiary/aromatic N) is 3. The summed E-state index contributed by atoms with van der Waals surface area (Å²) in [4.78, 5) is 42.4. The minimum Gasteiger partial charge on any atom is -0.322 e. The number of aryl methyl sites for hydroxylation is 1. The number of benzene rings is 2. The van der Waals surface area contributed by atoms with E-state index in [0.29, 0.717) is 11.6 Å². The van der Waals surface area contributed by atoms with Gasteiger partial charge < -0.3 is 5.32 Å². The van der Waals surface area contributed by atoms with Gasteiger partial charge in [0.15, 0.2) is 0 Å². The van der Waals surface area contributed by atoms with Crippen molar-refractivity contribution in [3.8, 4) is 0 Å². The van der Waals surface area contributed by atoms with Crippen molar-refractivity contribution in [2.45, 2.75) is 6.92 Å². The standard InChI is InChI=1S/C14H10N4O7/c1-8-6-9(16(20)21)3-5-12(8)15-14(19)11-4-2-10(17(22)23)7-13(11)18(24)25/h2-7H,1H3,(H,15,19). The average molecular weight is 346 g/mol. The molecule has 1 N–H and O–H groups in total. The minimum absolute atomic E-state index is 0.170. The monoisotopic (exact) mass is 346 g/mol. The van der Waals surface area contributed by atoms with Gasteiger partial charge in [-0.2, -0.15) is 0 Å². The number of carbonyl (C=O) groups is 1. The number of nitro benzene ring substituents is 3. The van der Waals surface area contributed by atoms with Crippen LogP contribution in [-0.4, -0.2) is 20.7 Å². The molecule has 0 heterocycles. The first-order valence-corrected chi connectivity index (χ1v) is 6.70. The molecule has 0 atom stereocenters. The fourth-order valence-electron chi connectivity index (χ4n) is 2.07. The SMILES string of the molecule is Cc1cc([N+](=O)[O-])ccc1NC(=O)c1ccc([N+](=O)[O-])cc1[N+](=O)[O-]. The van der Waals surface area contributed by atoms with Crippen LogP contribution in [0.25, 0.3) is 0 Å². The zero-order chi connectivity index (χ0) is 18.7. The van der Waals surface area contributed by atoms with E-state index < -0.39 is 32.1 Å². The lowest BCUT2D eigenvalue weighted by molar-refractivity contribution is -0.394. The summed E-state index contributed by atoms with van der Waals surface area (Å²) in [6.07, 6.45) is 0.